The van der Waals surface area contributed by atoms with Crippen LogP contribution >= 0.6 is 0 Å². The van der Waals surface area contributed by atoms with Gasteiger partial charge in [0.15, 0.2) is 5.78 Å². The predicted molar refractivity (Wildman–Crippen MR) is 90.2 cm³/mol. The molecule has 0 amide bonds. The van der Waals surface area contributed by atoms with E-state index in [1.807, 2.05) is 24.3 Å². The van der Waals surface area contributed by atoms with Gasteiger partial charge in [0.2, 0.25) is 0 Å². The molecule has 0 saturated heterocycles. The highest BCUT2D eigenvalue weighted by molar-refractivity contribution is 6.10. The number of rotatable bonds is 3. The van der Waals surface area contributed by atoms with Gasteiger partial charge >= 0.3 is 6.09 Å². The van der Waals surface area contributed by atoms with Crippen LogP contribution in [0.3, 0.4) is 0 Å². The van der Waals surface area contributed by atoms with Crippen molar-refractivity contribution >= 4 is 22.8 Å². The molecule has 0 bridgehead atoms. The van der Waals surface area contributed by atoms with Gasteiger partial charge in [-0.15, -0.1) is 0 Å². The van der Waals surface area contributed by atoms with Crippen LogP contribution in [0.4, 0.5) is 4.79 Å². The number of hydrogen-bond donors (Lipinski definition) is 0. The van der Waals surface area contributed by atoms with E-state index in [2.05, 4.69) is 0 Å². The Labute approximate surface area is 136 Å². The smallest absolute Gasteiger partial charge is 0.418 e. The predicted octanol–water partition coefficient (Wildman–Crippen LogP) is 4.90. The van der Waals surface area contributed by atoms with Crippen LogP contribution in [0.1, 0.15) is 67.9 Å². The van der Waals surface area contributed by atoms with Crippen molar-refractivity contribution in [2.45, 2.75) is 51.9 Å². The van der Waals surface area contributed by atoms with Crippen molar-refractivity contribution in [3.05, 3.63) is 35.5 Å². The van der Waals surface area contributed by atoms with Crippen molar-refractivity contribution < 1.29 is 14.3 Å². The lowest BCUT2D eigenvalue weighted by Gasteiger charge is -2.24. The number of carbonyl (C=O) groups is 2. The van der Waals surface area contributed by atoms with Crippen molar-refractivity contribution in [3.8, 4) is 0 Å². The quantitative estimate of drug-likeness (QED) is 0.757. The second-order valence-electron chi connectivity index (χ2n) is 6.20. The molecule has 0 radical (unpaired) electrons. The lowest BCUT2D eigenvalue weighted by Crippen LogP contribution is -2.20. The summed E-state index contributed by atoms with van der Waals surface area (Å²) in [7, 11) is 0. The van der Waals surface area contributed by atoms with Gasteiger partial charge in [-0.3, -0.25) is 4.79 Å². The number of benzene rings is 1. The molecule has 1 aliphatic rings. The van der Waals surface area contributed by atoms with Gasteiger partial charge in [0.05, 0.1) is 12.1 Å². The third-order valence-corrected chi connectivity index (χ3v) is 4.71. The van der Waals surface area contributed by atoms with Gasteiger partial charge in [0.25, 0.3) is 0 Å². The van der Waals surface area contributed by atoms with Gasteiger partial charge in [0.1, 0.15) is 0 Å². The summed E-state index contributed by atoms with van der Waals surface area (Å²) in [6.07, 6.45) is 5.19. The summed E-state index contributed by atoms with van der Waals surface area (Å²) in [4.78, 5) is 24.9. The third kappa shape index (κ3) is 2.78. The molecule has 2 aromatic rings. The van der Waals surface area contributed by atoms with E-state index in [0.29, 0.717) is 12.2 Å². The number of para-hydroxylation sites is 1. The maximum Gasteiger partial charge on any atom is 0.418 e. The third-order valence-electron chi connectivity index (χ3n) is 4.71. The normalized spacial score (nSPS) is 15.7. The summed E-state index contributed by atoms with van der Waals surface area (Å²) < 4.78 is 6.92. The average Bonchev–Trinajstić information content (AvgIpc) is 2.91. The SMILES string of the molecule is CCOC(=O)n1c(C2CCCCC2)c(C(C)=O)c2ccccc21. The molecule has 1 saturated carbocycles. The standard InChI is InChI=1S/C19H23NO3/c1-3-23-19(22)20-16-12-8-7-11-15(16)17(13(2)21)18(20)14-9-5-4-6-10-14/h7-8,11-12,14H,3-6,9-10H2,1-2H3. The molecule has 1 aliphatic carbocycles. The van der Waals surface area contributed by atoms with E-state index in [9.17, 15) is 9.59 Å². The van der Waals surface area contributed by atoms with E-state index in [1.54, 1.807) is 18.4 Å². The van der Waals surface area contributed by atoms with Gasteiger partial charge in [-0.05, 0) is 32.8 Å². The molecular weight excluding hydrogens is 290 g/mol. The summed E-state index contributed by atoms with van der Waals surface area (Å²) in [5.74, 6) is 0.268. The second-order valence-corrected chi connectivity index (χ2v) is 6.20. The molecule has 0 unspecified atom stereocenters. The Morgan fingerprint density at radius 2 is 1.87 bits per heavy atom. The Balaban J connectivity index is 2.28. The maximum atomic E-state index is 12.6. The molecule has 1 aromatic heterocycles. The first-order valence-electron chi connectivity index (χ1n) is 8.46. The maximum absolute atomic E-state index is 12.6. The van der Waals surface area contributed by atoms with E-state index in [0.717, 1.165) is 42.3 Å². The van der Waals surface area contributed by atoms with Gasteiger partial charge in [-0.2, -0.15) is 0 Å². The van der Waals surface area contributed by atoms with Crippen LogP contribution in [0.25, 0.3) is 10.9 Å². The Morgan fingerprint density at radius 1 is 1.17 bits per heavy atom. The zero-order chi connectivity index (χ0) is 16.4. The fourth-order valence-electron chi connectivity index (χ4n) is 3.78. The molecule has 0 spiro atoms. The Kier molecular flexibility index (Phi) is 4.51. The molecule has 4 nitrogen and oxygen atoms in total. The minimum Gasteiger partial charge on any atom is -0.449 e. The first kappa shape index (κ1) is 15.8. The monoisotopic (exact) mass is 313 g/mol. The number of ether oxygens (including phenoxy) is 1. The van der Waals surface area contributed by atoms with Crippen molar-refractivity contribution in [1.29, 1.82) is 0 Å². The topological polar surface area (TPSA) is 48.3 Å². The number of nitrogens with zero attached hydrogens (tertiary/aromatic N) is 1. The van der Waals surface area contributed by atoms with Crippen LogP contribution in [-0.2, 0) is 4.74 Å². The number of Topliss-reactive ketones (excluding diaryl/α,β-unsaturated/α-hetero) is 1. The first-order chi connectivity index (χ1) is 11.1. The number of carbonyl (C=O) groups excluding carboxylic acids is 2. The summed E-state index contributed by atoms with van der Waals surface area (Å²) in [5.41, 5.74) is 2.33. The minimum absolute atomic E-state index is 0.0184. The van der Waals surface area contributed by atoms with E-state index in [4.69, 9.17) is 4.74 Å². The number of hydrogen-bond acceptors (Lipinski definition) is 3. The fourth-order valence-corrected chi connectivity index (χ4v) is 3.78. The highest BCUT2D eigenvalue weighted by Gasteiger charge is 2.30. The van der Waals surface area contributed by atoms with Gasteiger partial charge in [-0.25, -0.2) is 9.36 Å². The first-order valence-corrected chi connectivity index (χ1v) is 8.46. The lowest BCUT2D eigenvalue weighted by molar-refractivity contribution is 0.101. The van der Waals surface area contributed by atoms with Crippen molar-refractivity contribution in [2.24, 2.45) is 0 Å². The van der Waals surface area contributed by atoms with Crippen molar-refractivity contribution in [1.82, 2.24) is 4.57 Å². The summed E-state index contributed by atoms with van der Waals surface area (Å²) in [6.45, 7) is 3.71. The van der Waals surface area contributed by atoms with Crippen molar-refractivity contribution in [2.75, 3.05) is 6.61 Å². The van der Waals surface area contributed by atoms with Crippen LogP contribution < -0.4 is 0 Å². The van der Waals surface area contributed by atoms with E-state index < -0.39 is 0 Å². The molecule has 1 aromatic carbocycles. The molecule has 1 fully saturated rings. The molecule has 4 heteroatoms. The average molecular weight is 313 g/mol. The second kappa shape index (κ2) is 6.57. The molecule has 0 N–H and O–H groups in total. The van der Waals surface area contributed by atoms with Crippen LogP contribution in [-0.4, -0.2) is 23.1 Å². The molecule has 3 rings (SSSR count). The molecule has 0 atom stereocenters. The molecule has 0 aliphatic heterocycles. The van der Waals surface area contributed by atoms with Crippen LogP contribution in [0.2, 0.25) is 0 Å². The van der Waals surface area contributed by atoms with Crippen LogP contribution in [0.15, 0.2) is 24.3 Å². The lowest BCUT2D eigenvalue weighted by atomic mass is 9.84. The van der Waals surface area contributed by atoms with Gasteiger partial charge in [-0.1, -0.05) is 37.5 Å². The molecule has 122 valence electrons. The Bertz CT molecular complexity index is 738. The Morgan fingerprint density at radius 3 is 2.52 bits per heavy atom. The highest BCUT2D eigenvalue weighted by atomic mass is 16.5. The fraction of sp³-hybridized carbons (Fsp3) is 0.474. The van der Waals surface area contributed by atoms with Crippen LogP contribution in [0, 0.1) is 0 Å². The zero-order valence-corrected chi connectivity index (χ0v) is 13.8. The van der Waals surface area contributed by atoms with E-state index in [1.165, 1.54) is 6.42 Å². The molecule has 23 heavy (non-hydrogen) atoms. The summed E-state index contributed by atoms with van der Waals surface area (Å²) in [6, 6.07) is 7.63. The van der Waals surface area contributed by atoms with Crippen LogP contribution in [0.5, 0.6) is 0 Å². The summed E-state index contributed by atoms with van der Waals surface area (Å²) >= 11 is 0. The van der Waals surface area contributed by atoms with Crippen molar-refractivity contribution in [3.63, 3.8) is 0 Å². The number of fused-ring (bicyclic) bond motifs is 1. The van der Waals surface area contributed by atoms with Gasteiger partial charge < -0.3 is 4.74 Å². The van der Waals surface area contributed by atoms with Gasteiger partial charge in [0, 0.05) is 22.6 Å². The van der Waals surface area contributed by atoms with E-state index in [-0.39, 0.29) is 17.8 Å². The molecular formula is C19H23NO3. The number of ketones is 1. The van der Waals surface area contributed by atoms with E-state index >= 15 is 0 Å². The number of aromatic nitrogens is 1. The summed E-state index contributed by atoms with van der Waals surface area (Å²) in [5, 5.41) is 0.855. The largest absolute Gasteiger partial charge is 0.449 e. The minimum atomic E-state index is -0.378. The Hall–Kier alpha value is -2.10. The zero-order valence-electron chi connectivity index (χ0n) is 13.8. The highest BCUT2D eigenvalue weighted by Crippen LogP contribution is 2.39. The molecule has 1 heterocycles.